The van der Waals surface area contributed by atoms with E-state index in [2.05, 4.69) is 5.32 Å². The van der Waals surface area contributed by atoms with Crippen LogP contribution in [0.2, 0.25) is 0 Å². The van der Waals surface area contributed by atoms with Gasteiger partial charge in [0.2, 0.25) is 0 Å². The van der Waals surface area contributed by atoms with E-state index in [-0.39, 0.29) is 11.5 Å². The third kappa shape index (κ3) is 2.08. The van der Waals surface area contributed by atoms with Gasteiger partial charge >= 0.3 is 0 Å². The number of rotatable bonds is 2. The summed E-state index contributed by atoms with van der Waals surface area (Å²) in [6, 6.07) is 1.87. The summed E-state index contributed by atoms with van der Waals surface area (Å²) in [4.78, 5) is 10.9. The molecule has 0 aromatic rings. The zero-order valence-corrected chi connectivity index (χ0v) is 6.42. The molecule has 0 aromatic heterocycles. The first-order chi connectivity index (χ1) is 5.27. The van der Waals surface area contributed by atoms with Gasteiger partial charge in [-0.2, -0.15) is 5.26 Å². The van der Waals surface area contributed by atoms with Gasteiger partial charge in [-0.05, 0) is 18.8 Å². The van der Waals surface area contributed by atoms with Crippen molar-refractivity contribution < 1.29 is 4.79 Å². The van der Waals surface area contributed by atoms with Crippen molar-refractivity contribution in [3.05, 3.63) is 11.6 Å². The minimum absolute atomic E-state index is 0.245. The number of nitriles is 1. The summed E-state index contributed by atoms with van der Waals surface area (Å²) in [5.41, 5.74) is 0.245. The van der Waals surface area contributed by atoms with Gasteiger partial charge in [0.05, 0.1) is 0 Å². The second kappa shape index (κ2) is 3.20. The fourth-order valence-electron chi connectivity index (χ4n) is 0.797. The number of carbonyl (C=O) groups is 1. The molecule has 1 rings (SSSR count). The van der Waals surface area contributed by atoms with Gasteiger partial charge < -0.3 is 5.32 Å². The van der Waals surface area contributed by atoms with E-state index in [0.29, 0.717) is 5.92 Å². The van der Waals surface area contributed by atoms with Crippen molar-refractivity contribution in [1.82, 2.24) is 5.32 Å². The predicted octanol–water partition coefficient (Wildman–Crippen LogP) is 0.592. The Hall–Kier alpha value is -1.30. The van der Waals surface area contributed by atoms with E-state index in [1.807, 2.05) is 6.07 Å². The zero-order valence-electron chi connectivity index (χ0n) is 6.42. The summed E-state index contributed by atoms with van der Waals surface area (Å²) >= 11 is 0. The molecule has 3 heteroatoms. The lowest BCUT2D eigenvalue weighted by molar-refractivity contribution is -0.116. The number of amides is 1. The number of hydrogen-bond donors (Lipinski definition) is 1. The Bertz CT molecular complexity index is 233. The number of likely N-dealkylation sites (N-methyl/N-ethyl adjacent to an activating group) is 1. The van der Waals surface area contributed by atoms with Gasteiger partial charge in [0.1, 0.15) is 11.6 Å². The van der Waals surface area contributed by atoms with Crippen LogP contribution in [-0.4, -0.2) is 13.0 Å². The Morgan fingerprint density at radius 1 is 1.73 bits per heavy atom. The highest BCUT2D eigenvalue weighted by Gasteiger charge is 2.20. The smallest absolute Gasteiger partial charge is 0.261 e. The van der Waals surface area contributed by atoms with E-state index in [1.165, 1.54) is 7.05 Å². The van der Waals surface area contributed by atoms with Gasteiger partial charge in [0.25, 0.3) is 5.91 Å². The molecule has 11 heavy (non-hydrogen) atoms. The molecule has 1 aliphatic carbocycles. The summed E-state index contributed by atoms with van der Waals surface area (Å²) in [6.07, 6.45) is 3.98. The molecule has 0 unspecified atom stereocenters. The Morgan fingerprint density at radius 2 is 2.36 bits per heavy atom. The van der Waals surface area contributed by atoms with Crippen LogP contribution in [0, 0.1) is 17.2 Å². The molecule has 0 atom stereocenters. The number of nitrogens with zero attached hydrogens (tertiary/aromatic N) is 1. The lowest BCUT2D eigenvalue weighted by Crippen LogP contribution is -2.19. The highest BCUT2D eigenvalue weighted by atomic mass is 16.1. The highest BCUT2D eigenvalue weighted by Crippen LogP contribution is 2.31. The van der Waals surface area contributed by atoms with Gasteiger partial charge in [-0.1, -0.05) is 6.08 Å². The van der Waals surface area contributed by atoms with Crippen LogP contribution in [0.25, 0.3) is 0 Å². The summed E-state index contributed by atoms with van der Waals surface area (Å²) < 4.78 is 0. The molecule has 58 valence electrons. The molecule has 0 heterocycles. The highest BCUT2D eigenvalue weighted by molar-refractivity contribution is 5.97. The van der Waals surface area contributed by atoms with Crippen molar-refractivity contribution in [3.8, 4) is 6.07 Å². The first kappa shape index (κ1) is 7.80. The van der Waals surface area contributed by atoms with Crippen molar-refractivity contribution in [2.75, 3.05) is 7.05 Å². The number of carbonyl (C=O) groups excluding carboxylic acids is 1. The Kier molecular flexibility index (Phi) is 2.27. The minimum Gasteiger partial charge on any atom is -0.354 e. The molecule has 0 aromatic carbocycles. The molecular formula is C8H10N2O. The van der Waals surface area contributed by atoms with Crippen LogP contribution >= 0.6 is 0 Å². The maximum Gasteiger partial charge on any atom is 0.261 e. The van der Waals surface area contributed by atoms with E-state index >= 15 is 0 Å². The van der Waals surface area contributed by atoms with Crippen LogP contribution in [0.5, 0.6) is 0 Å². The summed E-state index contributed by atoms with van der Waals surface area (Å²) in [5.74, 6) is 0.196. The van der Waals surface area contributed by atoms with E-state index in [9.17, 15) is 4.79 Å². The monoisotopic (exact) mass is 150 g/mol. The van der Waals surface area contributed by atoms with Crippen LogP contribution in [0.15, 0.2) is 11.6 Å². The molecule has 1 aliphatic rings. The van der Waals surface area contributed by atoms with Gasteiger partial charge in [-0.15, -0.1) is 0 Å². The number of hydrogen-bond acceptors (Lipinski definition) is 2. The standard InChI is InChI=1S/C8H10N2O/c1-10-8(11)7(5-9)4-6-2-3-6/h4,6H,2-3H2,1H3,(H,10,11)/b7-4-. The second-order valence-corrected chi connectivity index (χ2v) is 2.61. The largest absolute Gasteiger partial charge is 0.354 e. The molecule has 1 fully saturated rings. The molecule has 3 nitrogen and oxygen atoms in total. The minimum atomic E-state index is -0.278. The third-order valence-electron chi connectivity index (χ3n) is 1.62. The van der Waals surface area contributed by atoms with Crippen molar-refractivity contribution in [2.45, 2.75) is 12.8 Å². The molecule has 0 aliphatic heterocycles. The van der Waals surface area contributed by atoms with Crippen LogP contribution in [-0.2, 0) is 4.79 Å². The molecule has 0 radical (unpaired) electrons. The molecule has 0 bridgehead atoms. The van der Waals surface area contributed by atoms with Crippen LogP contribution in [0.1, 0.15) is 12.8 Å². The molecule has 1 amide bonds. The first-order valence-corrected chi connectivity index (χ1v) is 3.62. The summed E-state index contributed by atoms with van der Waals surface area (Å²) in [7, 11) is 1.53. The molecule has 1 N–H and O–H groups in total. The normalized spacial score (nSPS) is 17.3. The van der Waals surface area contributed by atoms with Crippen molar-refractivity contribution in [1.29, 1.82) is 5.26 Å². The zero-order chi connectivity index (χ0) is 8.27. The van der Waals surface area contributed by atoms with Crippen molar-refractivity contribution >= 4 is 5.91 Å². The van der Waals surface area contributed by atoms with E-state index in [4.69, 9.17) is 5.26 Å². The van der Waals surface area contributed by atoms with Gasteiger partial charge in [-0.3, -0.25) is 4.79 Å². The third-order valence-corrected chi connectivity index (χ3v) is 1.62. The lowest BCUT2D eigenvalue weighted by Gasteiger charge is -1.94. The Morgan fingerprint density at radius 3 is 2.73 bits per heavy atom. The van der Waals surface area contributed by atoms with Crippen molar-refractivity contribution in [2.24, 2.45) is 5.92 Å². The van der Waals surface area contributed by atoms with Crippen molar-refractivity contribution in [3.63, 3.8) is 0 Å². The van der Waals surface area contributed by atoms with E-state index < -0.39 is 0 Å². The second-order valence-electron chi connectivity index (χ2n) is 2.61. The Labute approximate surface area is 65.7 Å². The van der Waals surface area contributed by atoms with Crippen LogP contribution < -0.4 is 5.32 Å². The maximum absolute atomic E-state index is 10.9. The maximum atomic E-state index is 10.9. The molecule has 1 saturated carbocycles. The molecular weight excluding hydrogens is 140 g/mol. The topological polar surface area (TPSA) is 52.9 Å². The molecule has 0 saturated heterocycles. The van der Waals surface area contributed by atoms with Crippen LogP contribution in [0.4, 0.5) is 0 Å². The predicted molar refractivity (Wildman–Crippen MR) is 40.5 cm³/mol. The average Bonchev–Trinajstić information content (AvgIpc) is 2.82. The summed E-state index contributed by atoms with van der Waals surface area (Å²) in [5, 5.41) is 10.9. The van der Waals surface area contributed by atoms with E-state index in [0.717, 1.165) is 12.8 Å². The van der Waals surface area contributed by atoms with Gasteiger partial charge in [0.15, 0.2) is 0 Å². The summed E-state index contributed by atoms with van der Waals surface area (Å²) in [6.45, 7) is 0. The van der Waals surface area contributed by atoms with E-state index in [1.54, 1.807) is 6.08 Å². The lowest BCUT2D eigenvalue weighted by atomic mass is 10.2. The fraction of sp³-hybridized carbons (Fsp3) is 0.500. The van der Waals surface area contributed by atoms with Gasteiger partial charge in [-0.25, -0.2) is 0 Å². The average molecular weight is 150 g/mol. The van der Waals surface area contributed by atoms with Gasteiger partial charge in [0, 0.05) is 7.05 Å². The molecule has 0 spiro atoms. The quantitative estimate of drug-likeness (QED) is 0.462. The number of allylic oxidation sites excluding steroid dienone is 1. The number of nitrogens with one attached hydrogen (secondary N) is 1. The van der Waals surface area contributed by atoms with Crippen LogP contribution in [0.3, 0.4) is 0 Å². The Balaban J connectivity index is 2.62. The SMILES string of the molecule is CNC(=O)/C(C#N)=C\C1CC1. The fourth-order valence-corrected chi connectivity index (χ4v) is 0.797. The first-order valence-electron chi connectivity index (χ1n) is 3.62.